The van der Waals surface area contributed by atoms with Crippen molar-refractivity contribution in [2.75, 3.05) is 0 Å². The topological polar surface area (TPSA) is 0 Å². The molecule has 0 saturated heterocycles. The van der Waals surface area contributed by atoms with Gasteiger partial charge in [0, 0.05) is 0 Å². The van der Waals surface area contributed by atoms with Gasteiger partial charge in [-0.15, -0.1) is 0 Å². The lowest BCUT2D eigenvalue weighted by Gasteiger charge is -2.09. The summed E-state index contributed by atoms with van der Waals surface area (Å²) in [5.41, 5.74) is 2.61. The van der Waals surface area contributed by atoms with E-state index in [0.717, 1.165) is 12.8 Å². The molecule has 0 aromatic rings. The van der Waals surface area contributed by atoms with Gasteiger partial charge in [0.2, 0.25) is 0 Å². The molecule has 0 aliphatic heterocycles. The van der Waals surface area contributed by atoms with Gasteiger partial charge in [-0.2, -0.15) is 25.3 Å². The van der Waals surface area contributed by atoms with Crippen molar-refractivity contribution in [3.8, 4) is 0 Å². The summed E-state index contributed by atoms with van der Waals surface area (Å²) >= 11 is 8.17. The molecule has 0 fully saturated rings. The van der Waals surface area contributed by atoms with E-state index in [0.29, 0.717) is 0 Å². The first-order valence-electron chi connectivity index (χ1n) is 3.18. The Bertz CT molecular complexity index is 199. The molecule has 0 atom stereocenters. The molecule has 2 heteroatoms. The summed E-state index contributed by atoms with van der Waals surface area (Å²) in [6.45, 7) is 0. The highest BCUT2D eigenvalue weighted by molar-refractivity contribution is 7.83. The summed E-state index contributed by atoms with van der Waals surface area (Å²) in [7, 11) is 0. The summed E-state index contributed by atoms with van der Waals surface area (Å²) in [5.74, 6) is 0. The second kappa shape index (κ2) is 3.94. The molecule has 0 aromatic carbocycles. The highest BCUT2D eigenvalue weighted by Crippen LogP contribution is 2.22. The fourth-order valence-corrected chi connectivity index (χ4v) is 1.32. The van der Waals surface area contributed by atoms with Crippen LogP contribution in [-0.2, 0) is 0 Å². The molecular weight excluding hydrogens is 160 g/mol. The number of hydrogen-bond donors (Lipinski definition) is 2. The number of allylic oxidation sites excluding steroid dienone is 4. The molecule has 1 aliphatic rings. The first-order chi connectivity index (χ1) is 4.86. The molecule has 0 heterocycles. The van der Waals surface area contributed by atoms with E-state index in [2.05, 4.69) is 37.4 Å². The standard InChI is InChI=1S/C8H10S2/c9-5-7-2-1-3-8(4-7)6-10/h1-2,5-6,9-10H,3-4H2. The van der Waals surface area contributed by atoms with E-state index in [4.69, 9.17) is 0 Å². The zero-order chi connectivity index (χ0) is 7.40. The zero-order valence-corrected chi connectivity index (χ0v) is 7.41. The van der Waals surface area contributed by atoms with E-state index >= 15 is 0 Å². The van der Waals surface area contributed by atoms with Crippen LogP contribution in [0.4, 0.5) is 0 Å². The molecule has 0 radical (unpaired) electrons. The Morgan fingerprint density at radius 1 is 1.30 bits per heavy atom. The minimum atomic E-state index is 1.00. The highest BCUT2D eigenvalue weighted by atomic mass is 32.1. The van der Waals surface area contributed by atoms with E-state index in [1.54, 1.807) is 0 Å². The quantitative estimate of drug-likeness (QED) is 0.513. The summed E-state index contributed by atoms with van der Waals surface area (Å²) in [5, 5.41) is 3.72. The van der Waals surface area contributed by atoms with Crippen LogP contribution in [0.15, 0.2) is 34.1 Å². The Morgan fingerprint density at radius 3 is 2.70 bits per heavy atom. The lowest BCUT2D eigenvalue weighted by atomic mass is 9.99. The molecule has 0 bridgehead atoms. The van der Waals surface area contributed by atoms with Crippen molar-refractivity contribution in [3.05, 3.63) is 34.1 Å². The second-order valence-corrected chi connectivity index (χ2v) is 2.79. The molecule has 0 spiro atoms. The van der Waals surface area contributed by atoms with Crippen LogP contribution in [0.2, 0.25) is 0 Å². The molecule has 0 saturated carbocycles. The van der Waals surface area contributed by atoms with Crippen LogP contribution in [-0.4, -0.2) is 0 Å². The van der Waals surface area contributed by atoms with Crippen LogP contribution >= 0.6 is 25.3 Å². The van der Waals surface area contributed by atoms with Crippen LogP contribution in [0.25, 0.3) is 0 Å². The van der Waals surface area contributed by atoms with Crippen molar-refractivity contribution in [2.45, 2.75) is 12.8 Å². The summed E-state index contributed by atoms with van der Waals surface area (Å²) < 4.78 is 0. The van der Waals surface area contributed by atoms with Crippen LogP contribution in [0.1, 0.15) is 12.8 Å². The van der Waals surface area contributed by atoms with E-state index in [-0.39, 0.29) is 0 Å². The Kier molecular flexibility index (Phi) is 3.16. The smallest absolute Gasteiger partial charge is 0.00510 e. The van der Waals surface area contributed by atoms with Crippen molar-refractivity contribution in [3.63, 3.8) is 0 Å². The number of rotatable bonds is 0. The van der Waals surface area contributed by atoms with E-state index in [9.17, 15) is 0 Å². The molecule has 0 aromatic heterocycles. The van der Waals surface area contributed by atoms with Crippen LogP contribution in [0, 0.1) is 0 Å². The molecular formula is C8H10S2. The highest BCUT2D eigenvalue weighted by Gasteiger charge is 2.02. The minimum absolute atomic E-state index is 1.00. The third kappa shape index (κ3) is 1.96. The Morgan fingerprint density at radius 2 is 2.10 bits per heavy atom. The van der Waals surface area contributed by atoms with Gasteiger partial charge in [0.05, 0.1) is 0 Å². The van der Waals surface area contributed by atoms with Crippen molar-refractivity contribution in [2.24, 2.45) is 0 Å². The maximum atomic E-state index is 4.09. The number of hydrogen-bond acceptors (Lipinski definition) is 2. The Balaban J connectivity index is 2.72. The fourth-order valence-electron chi connectivity index (χ4n) is 0.942. The molecule has 1 rings (SSSR count). The third-order valence-corrected chi connectivity index (χ3v) is 2.19. The minimum Gasteiger partial charge on any atom is -0.151 e. The average molecular weight is 170 g/mol. The lowest BCUT2D eigenvalue weighted by Crippen LogP contribution is -1.89. The van der Waals surface area contributed by atoms with Gasteiger partial charge in [-0.25, -0.2) is 0 Å². The molecule has 0 N–H and O–H groups in total. The predicted octanol–water partition coefficient (Wildman–Crippen LogP) is 2.96. The van der Waals surface area contributed by atoms with Gasteiger partial charge in [-0.3, -0.25) is 0 Å². The molecule has 54 valence electrons. The van der Waals surface area contributed by atoms with Gasteiger partial charge < -0.3 is 0 Å². The maximum absolute atomic E-state index is 4.09. The Labute approximate surface area is 72.5 Å². The van der Waals surface area contributed by atoms with Gasteiger partial charge in [0.1, 0.15) is 0 Å². The van der Waals surface area contributed by atoms with Gasteiger partial charge in [-0.05, 0) is 29.2 Å². The van der Waals surface area contributed by atoms with Crippen LogP contribution in [0.5, 0.6) is 0 Å². The lowest BCUT2D eigenvalue weighted by molar-refractivity contribution is 1.04. The summed E-state index contributed by atoms with van der Waals surface area (Å²) in [4.78, 5) is 0. The third-order valence-electron chi connectivity index (χ3n) is 1.49. The van der Waals surface area contributed by atoms with E-state index in [1.807, 2.05) is 10.8 Å². The normalized spacial score (nSPS) is 26.2. The van der Waals surface area contributed by atoms with Crippen molar-refractivity contribution >= 4 is 25.3 Å². The monoisotopic (exact) mass is 170 g/mol. The predicted molar refractivity (Wildman–Crippen MR) is 52.5 cm³/mol. The van der Waals surface area contributed by atoms with Crippen molar-refractivity contribution in [1.82, 2.24) is 0 Å². The SMILES string of the molecule is SC=C1C=CCC(=CS)C1. The van der Waals surface area contributed by atoms with Gasteiger partial charge in [-0.1, -0.05) is 17.7 Å². The number of thiol groups is 2. The molecule has 0 amide bonds. The average Bonchev–Trinajstić information content (AvgIpc) is 2.05. The largest absolute Gasteiger partial charge is 0.151 e. The second-order valence-electron chi connectivity index (χ2n) is 2.27. The molecule has 0 unspecified atom stereocenters. The molecule has 0 nitrogen and oxygen atoms in total. The van der Waals surface area contributed by atoms with E-state index < -0.39 is 0 Å². The zero-order valence-electron chi connectivity index (χ0n) is 5.62. The van der Waals surface area contributed by atoms with Crippen LogP contribution < -0.4 is 0 Å². The van der Waals surface area contributed by atoms with Crippen LogP contribution in [0.3, 0.4) is 0 Å². The maximum Gasteiger partial charge on any atom is -0.00510 e. The van der Waals surface area contributed by atoms with Gasteiger partial charge >= 0.3 is 0 Å². The molecule has 1 aliphatic carbocycles. The summed E-state index contributed by atoms with van der Waals surface area (Å²) in [6, 6.07) is 0. The first-order valence-corrected chi connectivity index (χ1v) is 4.22. The summed E-state index contributed by atoms with van der Waals surface area (Å²) in [6.07, 6.45) is 6.28. The van der Waals surface area contributed by atoms with Gasteiger partial charge in [0.25, 0.3) is 0 Å². The first kappa shape index (κ1) is 8.02. The Hall–Kier alpha value is -0.0800. The van der Waals surface area contributed by atoms with Gasteiger partial charge in [0.15, 0.2) is 0 Å². The molecule has 10 heavy (non-hydrogen) atoms. The van der Waals surface area contributed by atoms with E-state index in [1.165, 1.54) is 11.1 Å². The van der Waals surface area contributed by atoms with Crippen molar-refractivity contribution in [1.29, 1.82) is 0 Å². The fraction of sp³-hybridized carbons (Fsp3) is 0.250. The van der Waals surface area contributed by atoms with Crippen molar-refractivity contribution < 1.29 is 0 Å².